The Hall–Kier alpha value is -1.02. The lowest BCUT2D eigenvalue weighted by atomic mass is 9.97. The Morgan fingerprint density at radius 3 is 3.06 bits per heavy atom. The lowest BCUT2D eigenvalue weighted by molar-refractivity contribution is 0.468. The average Bonchev–Trinajstić information content (AvgIpc) is 2.75. The fraction of sp³-hybridized carbons (Fsp3) is 0.625. The second kappa shape index (κ2) is 7.42. The van der Waals surface area contributed by atoms with E-state index in [1.165, 1.54) is 32.1 Å². The first-order valence-corrected chi connectivity index (χ1v) is 7.35. The summed E-state index contributed by atoms with van der Waals surface area (Å²) in [5, 5.41) is 3.63. The van der Waals surface area contributed by atoms with Gasteiger partial charge in [0.05, 0.1) is 6.26 Å². The van der Waals surface area contributed by atoms with Crippen LogP contribution in [-0.2, 0) is 6.42 Å². The van der Waals surface area contributed by atoms with Gasteiger partial charge in [0, 0.05) is 12.5 Å². The van der Waals surface area contributed by atoms with Crippen molar-refractivity contribution in [3.8, 4) is 0 Å². The highest BCUT2D eigenvalue weighted by atomic mass is 16.3. The minimum Gasteiger partial charge on any atom is -0.469 e. The maximum atomic E-state index is 5.43. The molecule has 0 amide bonds. The van der Waals surface area contributed by atoms with Crippen LogP contribution in [0.4, 0.5) is 0 Å². The van der Waals surface area contributed by atoms with Crippen LogP contribution < -0.4 is 5.32 Å². The van der Waals surface area contributed by atoms with Crippen LogP contribution >= 0.6 is 0 Å². The van der Waals surface area contributed by atoms with Gasteiger partial charge in [-0.1, -0.05) is 25.0 Å². The first kappa shape index (κ1) is 13.4. The van der Waals surface area contributed by atoms with Gasteiger partial charge in [0.1, 0.15) is 5.76 Å². The van der Waals surface area contributed by atoms with E-state index in [4.69, 9.17) is 4.42 Å². The van der Waals surface area contributed by atoms with Crippen molar-refractivity contribution in [2.45, 2.75) is 57.9 Å². The van der Waals surface area contributed by atoms with E-state index in [1.807, 2.05) is 6.07 Å². The summed E-state index contributed by atoms with van der Waals surface area (Å²) in [7, 11) is 0. The number of likely N-dealkylation sites (N-methyl/N-ethyl adjacent to an activating group) is 1. The van der Waals surface area contributed by atoms with E-state index < -0.39 is 0 Å². The zero-order valence-electron chi connectivity index (χ0n) is 11.5. The van der Waals surface area contributed by atoms with Gasteiger partial charge in [-0.15, -0.1) is 0 Å². The molecule has 0 radical (unpaired) electrons. The van der Waals surface area contributed by atoms with Crippen molar-refractivity contribution in [3.05, 3.63) is 35.8 Å². The summed E-state index contributed by atoms with van der Waals surface area (Å²) in [6.07, 6.45) is 13.1. The summed E-state index contributed by atoms with van der Waals surface area (Å²) < 4.78 is 5.43. The van der Waals surface area contributed by atoms with Gasteiger partial charge in [-0.25, -0.2) is 0 Å². The summed E-state index contributed by atoms with van der Waals surface area (Å²) in [4.78, 5) is 0. The van der Waals surface area contributed by atoms with Crippen LogP contribution in [0.2, 0.25) is 0 Å². The van der Waals surface area contributed by atoms with Gasteiger partial charge in [0.15, 0.2) is 0 Å². The van der Waals surface area contributed by atoms with E-state index >= 15 is 0 Å². The van der Waals surface area contributed by atoms with Crippen molar-refractivity contribution in [3.63, 3.8) is 0 Å². The monoisotopic (exact) mass is 247 g/mol. The Bertz CT molecular complexity index is 353. The molecule has 1 aliphatic carbocycles. The van der Waals surface area contributed by atoms with Crippen molar-refractivity contribution >= 4 is 0 Å². The number of aryl methyl sites for hydroxylation is 1. The summed E-state index contributed by atoms with van der Waals surface area (Å²) in [6.45, 7) is 3.23. The minimum absolute atomic E-state index is 0.540. The lowest BCUT2D eigenvalue weighted by Gasteiger charge is -2.20. The number of nitrogens with one attached hydrogen (secondary N) is 1. The second-order valence-electron chi connectivity index (χ2n) is 5.11. The highest BCUT2D eigenvalue weighted by molar-refractivity contribution is 5.13. The summed E-state index contributed by atoms with van der Waals surface area (Å²) in [6, 6.07) is 4.59. The third kappa shape index (κ3) is 4.02. The molecule has 1 unspecified atom stereocenters. The molecule has 0 spiro atoms. The minimum atomic E-state index is 0.540. The molecule has 2 heteroatoms. The maximum Gasteiger partial charge on any atom is 0.103 e. The summed E-state index contributed by atoms with van der Waals surface area (Å²) >= 11 is 0. The molecule has 1 aromatic rings. The van der Waals surface area contributed by atoms with Gasteiger partial charge in [0.2, 0.25) is 0 Å². The molecule has 100 valence electrons. The lowest BCUT2D eigenvalue weighted by Crippen LogP contribution is -2.31. The Morgan fingerprint density at radius 1 is 1.33 bits per heavy atom. The molecule has 0 fully saturated rings. The van der Waals surface area contributed by atoms with E-state index in [2.05, 4.69) is 24.4 Å². The molecule has 1 aromatic heterocycles. The molecular formula is C16H25NO. The van der Waals surface area contributed by atoms with Crippen LogP contribution in [0.5, 0.6) is 0 Å². The predicted molar refractivity (Wildman–Crippen MR) is 75.7 cm³/mol. The van der Waals surface area contributed by atoms with E-state index in [0.29, 0.717) is 6.04 Å². The molecule has 0 bridgehead atoms. The largest absolute Gasteiger partial charge is 0.469 e. The molecule has 0 saturated carbocycles. The van der Waals surface area contributed by atoms with Crippen LogP contribution in [0.3, 0.4) is 0 Å². The van der Waals surface area contributed by atoms with Crippen LogP contribution in [-0.4, -0.2) is 12.6 Å². The molecule has 0 saturated heterocycles. The second-order valence-corrected chi connectivity index (χ2v) is 5.11. The van der Waals surface area contributed by atoms with Gasteiger partial charge in [-0.2, -0.15) is 0 Å². The van der Waals surface area contributed by atoms with Gasteiger partial charge in [-0.05, 0) is 50.8 Å². The number of hydrogen-bond donors (Lipinski definition) is 1. The van der Waals surface area contributed by atoms with E-state index in [1.54, 1.807) is 11.8 Å². The molecule has 1 aliphatic rings. The third-order valence-corrected chi connectivity index (χ3v) is 3.73. The van der Waals surface area contributed by atoms with Gasteiger partial charge >= 0.3 is 0 Å². The zero-order chi connectivity index (χ0) is 12.6. The van der Waals surface area contributed by atoms with E-state index in [-0.39, 0.29) is 0 Å². The molecule has 1 N–H and O–H groups in total. The van der Waals surface area contributed by atoms with Gasteiger partial charge < -0.3 is 9.73 Å². The summed E-state index contributed by atoms with van der Waals surface area (Å²) in [5.41, 5.74) is 1.63. The molecule has 18 heavy (non-hydrogen) atoms. The van der Waals surface area contributed by atoms with Crippen LogP contribution in [0.25, 0.3) is 0 Å². The van der Waals surface area contributed by atoms with Crippen molar-refractivity contribution in [2.75, 3.05) is 6.54 Å². The number of furan rings is 1. The van der Waals surface area contributed by atoms with Crippen molar-refractivity contribution in [2.24, 2.45) is 0 Å². The van der Waals surface area contributed by atoms with Gasteiger partial charge in [-0.3, -0.25) is 0 Å². The Morgan fingerprint density at radius 2 is 2.28 bits per heavy atom. The quantitative estimate of drug-likeness (QED) is 0.766. The predicted octanol–water partition coefficient (Wildman–Crippen LogP) is 4.08. The average molecular weight is 247 g/mol. The molecule has 1 atom stereocenters. The molecule has 0 aliphatic heterocycles. The fourth-order valence-corrected chi connectivity index (χ4v) is 2.76. The Labute approximate surface area is 110 Å². The zero-order valence-corrected chi connectivity index (χ0v) is 11.5. The molecular weight excluding hydrogens is 222 g/mol. The third-order valence-electron chi connectivity index (χ3n) is 3.73. The molecule has 1 heterocycles. The van der Waals surface area contributed by atoms with Crippen molar-refractivity contribution in [1.82, 2.24) is 5.32 Å². The highest BCUT2D eigenvalue weighted by Crippen LogP contribution is 2.22. The van der Waals surface area contributed by atoms with E-state index in [0.717, 1.165) is 25.1 Å². The topological polar surface area (TPSA) is 25.2 Å². The summed E-state index contributed by atoms with van der Waals surface area (Å²) in [5.74, 6) is 1.10. The van der Waals surface area contributed by atoms with Gasteiger partial charge in [0.25, 0.3) is 0 Å². The van der Waals surface area contributed by atoms with Crippen molar-refractivity contribution in [1.29, 1.82) is 0 Å². The SMILES string of the molecule is CCNC(CCc1ccco1)C1=CCCCCC1. The standard InChI is InChI=1S/C16H25NO/c1-2-17-16(12-11-15-10-7-13-18-15)14-8-5-3-4-6-9-14/h7-8,10,13,16-17H,2-6,9,11-12H2,1H3. The highest BCUT2D eigenvalue weighted by Gasteiger charge is 2.15. The molecule has 2 rings (SSSR count). The first-order valence-electron chi connectivity index (χ1n) is 7.35. The van der Waals surface area contributed by atoms with Crippen molar-refractivity contribution < 1.29 is 4.42 Å². The maximum absolute atomic E-state index is 5.43. The Kier molecular flexibility index (Phi) is 5.53. The normalized spacial score (nSPS) is 18.2. The first-order chi connectivity index (χ1) is 8.90. The van der Waals surface area contributed by atoms with Crippen LogP contribution in [0, 0.1) is 0 Å². The number of allylic oxidation sites excluding steroid dienone is 1. The molecule has 0 aromatic carbocycles. The van der Waals surface area contributed by atoms with Crippen LogP contribution in [0.1, 0.15) is 51.2 Å². The smallest absolute Gasteiger partial charge is 0.103 e. The number of hydrogen-bond acceptors (Lipinski definition) is 2. The number of rotatable bonds is 6. The van der Waals surface area contributed by atoms with E-state index in [9.17, 15) is 0 Å². The van der Waals surface area contributed by atoms with Crippen LogP contribution in [0.15, 0.2) is 34.5 Å². The Balaban J connectivity index is 1.91. The molecule has 2 nitrogen and oxygen atoms in total. The fourth-order valence-electron chi connectivity index (χ4n) is 2.76.